The molecule has 0 saturated carbocycles. The van der Waals surface area contributed by atoms with E-state index >= 15 is 0 Å². The molecule has 2 aromatic heterocycles. The molecule has 1 fully saturated rings. The van der Waals surface area contributed by atoms with E-state index in [2.05, 4.69) is 27.9 Å². The van der Waals surface area contributed by atoms with Gasteiger partial charge in [0.05, 0.1) is 5.75 Å². The topological polar surface area (TPSA) is 69.6 Å². The number of rotatable bonds is 5. The van der Waals surface area contributed by atoms with E-state index in [-0.39, 0.29) is 11.7 Å². The third-order valence-corrected chi connectivity index (χ3v) is 7.05. The van der Waals surface area contributed by atoms with Gasteiger partial charge in [-0.25, -0.2) is 9.97 Å². The summed E-state index contributed by atoms with van der Waals surface area (Å²) in [5.41, 5.74) is 1.08. The van der Waals surface area contributed by atoms with E-state index in [4.69, 9.17) is 0 Å². The number of phenolic OH excluding ortho intramolecular Hbond substituents is 1. The minimum absolute atomic E-state index is 0.146. The monoisotopic (exact) mass is 414 g/mol. The van der Waals surface area contributed by atoms with E-state index < -0.39 is 0 Å². The molecule has 0 unspecified atom stereocenters. The van der Waals surface area contributed by atoms with Crippen molar-refractivity contribution in [2.24, 2.45) is 0 Å². The number of carbonyl (C=O) groups excluding carboxylic acids is 1. The van der Waals surface area contributed by atoms with Crippen molar-refractivity contribution in [3.63, 3.8) is 0 Å². The summed E-state index contributed by atoms with van der Waals surface area (Å²) in [6.45, 7) is 5.13. The zero-order chi connectivity index (χ0) is 19.5. The van der Waals surface area contributed by atoms with Crippen LogP contribution in [0.3, 0.4) is 0 Å². The molecule has 1 aliphatic rings. The summed E-state index contributed by atoms with van der Waals surface area (Å²) in [6, 6.07) is 9.35. The average Bonchev–Trinajstić information content (AvgIpc) is 3.17. The second-order valence-corrected chi connectivity index (χ2v) is 8.72. The molecular formula is C20H22N4O2S2. The van der Waals surface area contributed by atoms with Crippen molar-refractivity contribution < 1.29 is 9.90 Å². The fourth-order valence-electron chi connectivity index (χ4n) is 3.27. The van der Waals surface area contributed by atoms with Crippen molar-refractivity contribution >= 4 is 44.9 Å². The molecule has 1 aromatic carbocycles. The number of amides is 1. The molecule has 1 N–H and O–H groups in total. The first kappa shape index (κ1) is 19.0. The molecule has 0 atom stereocenters. The number of thiophene rings is 1. The maximum Gasteiger partial charge on any atom is 0.233 e. The van der Waals surface area contributed by atoms with E-state index in [9.17, 15) is 9.90 Å². The summed E-state index contributed by atoms with van der Waals surface area (Å²) < 4.78 is 0. The second kappa shape index (κ2) is 8.36. The van der Waals surface area contributed by atoms with Gasteiger partial charge in [0.15, 0.2) is 0 Å². The number of phenols is 1. The van der Waals surface area contributed by atoms with Gasteiger partial charge < -0.3 is 14.9 Å². The van der Waals surface area contributed by atoms with Gasteiger partial charge in [-0.2, -0.15) is 0 Å². The molecule has 146 valence electrons. The number of hydrogen-bond acceptors (Lipinski definition) is 7. The average molecular weight is 415 g/mol. The number of aromatic hydroxyl groups is 1. The van der Waals surface area contributed by atoms with Gasteiger partial charge in [-0.1, -0.05) is 18.7 Å². The van der Waals surface area contributed by atoms with Crippen molar-refractivity contribution in [2.45, 2.75) is 18.4 Å². The molecule has 3 aromatic rings. The second-order valence-electron chi connectivity index (χ2n) is 6.64. The number of aryl methyl sites for hydroxylation is 1. The smallest absolute Gasteiger partial charge is 0.233 e. The van der Waals surface area contributed by atoms with Crippen molar-refractivity contribution in [1.29, 1.82) is 0 Å². The predicted molar refractivity (Wildman–Crippen MR) is 114 cm³/mol. The molecule has 3 heterocycles. The third kappa shape index (κ3) is 4.07. The maximum atomic E-state index is 12.7. The minimum Gasteiger partial charge on any atom is -0.508 e. The standard InChI is InChI=1S/C20H22N4O2S2/c1-2-16-11-17-19(21-13-22-20(17)28-16)27-12-18(26)24-9-7-23(8-10-24)14-3-5-15(25)6-4-14/h3-6,11,13,25H,2,7-10,12H2,1H3. The number of anilines is 1. The Labute approximate surface area is 172 Å². The van der Waals surface area contributed by atoms with Gasteiger partial charge in [0, 0.05) is 42.1 Å². The summed E-state index contributed by atoms with van der Waals surface area (Å²) in [4.78, 5) is 27.8. The highest BCUT2D eigenvalue weighted by atomic mass is 32.2. The Hall–Kier alpha value is -2.32. The number of thioether (sulfide) groups is 1. The van der Waals surface area contributed by atoms with Crippen molar-refractivity contribution in [2.75, 3.05) is 36.8 Å². The summed E-state index contributed by atoms with van der Waals surface area (Å²) in [7, 11) is 0. The van der Waals surface area contributed by atoms with Gasteiger partial charge in [-0.15, -0.1) is 11.3 Å². The molecule has 0 spiro atoms. The zero-order valence-electron chi connectivity index (χ0n) is 15.7. The van der Waals surface area contributed by atoms with Crippen LogP contribution in [0.2, 0.25) is 0 Å². The van der Waals surface area contributed by atoms with Gasteiger partial charge in [-0.3, -0.25) is 4.79 Å². The minimum atomic E-state index is 0.146. The number of carbonyl (C=O) groups is 1. The highest BCUT2D eigenvalue weighted by Crippen LogP contribution is 2.31. The van der Waals surface area contributed by atoms with E-state index in [0.717, 1.165) is 40.4 Å². The Morgan fingerprint density at radius 2 is 1.93 bits per heavy atom. The van der Waals surface area contributed by atoms with Gasteiger partial charge >= 0.3 is 0 Å². The number of aromatic nitrogens is 2. The number of hydrogen-bond donors (Lipinski definition) is 1. The summed E-state index contributed by atoms with van der Waals surface area (Å²) in [6.07, 6.45) is 2.57. The molecular weight excluding hydrogens is 392 g/mol. The van der Waals surface area contributed by atoms with Gasteiger partial charge in [0.25, 0.3) is 0 Å². The number of fused-ring (bicyclic) bond motifs is 1. The molecule has 0 radical (unpaired) electrons. The highest BCUT2D eigenvalue weighted by Gasteiger charge is 2.22. The molecule has 0 aliphatic carbocycles. The van der Waals surface area contributed by atoms with Crippen LogP contribution in [-0.4, -0.2) is 57.8 Å². The van der Waals surface area contributed by atoms with E-state index in [1.54, 1.807) is 29.8 Å². The van der Waals surface area contributed by atoms with Crippen LogP contribution in [0, 0.1) is 0 Å². The summed E-state index contributed by atoms with van der Waals surface area (Å²) >= 11 is 3.19. The molecule has 8 heteroatoms. The Morgan fingerprint density at radius 3 is 2.64 bits per heavy atom. The lowest BCUT2D eigenvalue weighted by Gasteiger charge is -2.36. The fraction of sp³-hybridized carbons (Fsp3) is 0.350. The van der Waals surface area contributed by atoms with E-state index in [0.29, 0.717) is 18.8 Å². The first-order valence-corrected chi connectivity index (χ1v) is 11.1. The van der Waals surface area contributed by atoms with Crippen LogP contribution < -0.4 is 4.90 Å². The summed E-state index contributed by atoms with van der Waals surface area (Å²) in [5.74, 6) is 0.806. The van der Waals surface area contributed by atoms with Gasteiger partial charge in [0.2, 0.25) is 5.91 Å². The summed E-state index contributed by atoms with van der Waals surface area (Å²) in [5, 5.41) is 11.4. The number of nitrogens with zero attached hydrogens (tertiary/aromatic N) is 4. The van der Waals surface area contributed by atoms with Crippen molar-refractivity contribution in [3.05, 3.63) is 41.5 Å². The number of benzene rings is 1. The first-order valence-electron chi connectivity index (χ1n) is 9.32. The Balaban J connectivity index is 1.34. The molecule has 0 bridgehead atoms. The van der Waals surface area contributed by atoms with E-state index in [1.807, 2.05) is 17.0 Å². The van der Waals surface area contributed by atoms with Crippen LogP contribution in [-0.2, 0) is 11.2 Å². The van der Waals surface area contributed by atoms with Crippen LogP contribution >= 0.6 is 23.1 Å². The van der Waals surface area contributed by atoms with Crippen molar-refractivity contribution in [3.8, 4) is 5.75 Å². The molecule has 6 nitrogen and oxygen atoms in total. The largest absolute Gasteiger partial charge is 0.508 e. The van der Waals surface area contributed by atoms with Crippen LogP contribution in [0.4, 0.5) is 5.69 Å². The van der Waals surface area contributed by atoms with Gasteiger partial charge in [0.1, 0.15) is 21.9 Å². The molecule has 4 rings (SSSR count). The van der Waals surface area contributed by atoms with Crippen molar-refractivity contribution in [1.82, 2.24) is 14.9 Å². The first-order chi connectivity index (χ1) is 13.6. The SMILES string of the molecule is CCc1cc2c(SCC(=O)N3CCN(c4ccc(O)cc4)CC3)ncnc2s1. The zero-order valence-corrected chi connectivity index (χ0v) is 17.3. The van der Waals surface area contributed by atoms with Crippen LogP contribution in [0.1, 0.15) is 11.8 Å². The molecule has 1 amide bonds. The number of piperazine rings is 1. The van der Waals surface area contributed by atoms with E-state index in [1.165, 1.54) is 16.6 Å². The fourth-order valence-corrected chi connectivity index (χ4v) is 5.15. The lowest BCUT2D eigenvalue weighted by atomic mass is 10.2. The lowest BCUT2D eigenvalue weighted by molar-refractivity contribution is -0.128. The maximum absolute atomic E-state index is 12.7. The molecule has 1 aliphatic heterocycles. The Bertz CT molecular complexity index is 966. The Morgan fingerprint density at radius 1 is 1.18 bits per heavy atom. The van der Waals surface area contributed by atoms with Gasteiger partial charge in [-0.05, 0) is 36.8 Å². The normalized spacial score (nSPS) is 14.6. The Kier molecular flexibility index (Phi) is 5.68. The predicted octanol–water partition coefficient (Wildman–Crippen LogP) is 3.40. The van der Waals surface area contributed by atoms with Crippen LogP contribution in [0.5, 0.6) is 5.75 Å². The van der Waals surface area contributed by atoms with Crippen LogP contribution in [0.25, 0.3) is 10.2 Å². The highest BCUT2D eigenvalue weighted by molar-refractivity contribution is 8.00. The lowest BCUT2D eigenvalue weighted by Crippen LogP contribution is -2.49. The third-order valence-electron chi connectivity index (χ3n) is 4.87. The molecule has 28 heavy (non-hydrogen) atoms. The van der Waals surface area contributed by atoms with Crippen LogP contribution in [0.15, 0.2) is 41.7 Å². The quantitative estimate of drug-likeness (QED) is 0.510. The molecule has 1 saturated heterocycles.